The number of carbonyl (C=O) groups is 5. The third-order valence-electron chi connectivity index (χ3n) is 6.67. The second kappa shape index (κ2) is 11.8. The summed E-state index contributed by atoms with van der Waals surface area (Å²) in [5.74, 6) is -3.12. The molecule has 196 valence electrons. The highest BCUT2D eigenvalue weighted by molar-refractivity contribution is 5.95. The molecule has 1 aromatic rings. The van der Waals surface area contributed by atoms with Gasteiger partial charge in [0, 0.05) is 25.9 Å². The molecule has 2 aliphatic heterocycles. The second-order valence-electron chi connectivity index (χ2n) is 9.26. The van der Waals surface area contributed by atoms with Crippen LogP contribution in [0.5, 0.6) is 5.75 Å². The van der Waals surface area contributed by atoms with Crippen LogP contribution in [0.25, 0.3) is 0 Å². The Morgan fingerprint density at radius 2 is 1.61 bits per heavy atom. The number of nitrogens with one attached hydrogen (secondary N) is 1. The van der Waals surface area contributed by atoms with E-state index in [4.69, 9.17) is 11.5 Å². The van der Waals surface area contributed by atoms with Gasteiger partial charge in [-0.2, -0.15) is 0 Å². The summed E-state index contributed by atoms with van der Waals surface area (Å²) in [5, 5.41) is 21.6. The SMILES string of the molecule is NC(=O)CCC(N)C(=O)N1CCCC1C(=O)N1CCCC1C(=O)NC(Cc1ccc(O)cc1)C(=O)O. The summed E-state index contributed by atoms with van der Waals surface area (Å²) in [6, 6.07) is 2.22. The number of rotatable bonds is 10. The first-order chi connectivity index (χ1) is 17.1. The minimum Gasteiger partial charge on any atom is -0.508 e. The third kappa shape index (κ3) is 6.51. The number of hydrogen-bond acceptors (Lipinski definition) is 7. The molecule has 0 bridgehead atoms. The zero-order valence-corrected chi connectivity index (χ0v) is 20.0. The van der Waals surface area contributed by atoms with Crippen molar-refractivity contribution in [3.05, 3.63) is 29.8 Å². The molecule has 7 N–H and O–H groups in total. The number of hydrogen-bond donors (Lipinski definition) is 5. The molecule has 36 heavy (non-hydrogen) atoms. The number of carboxylic acid groups (broad SMARTS) is 1. The molecule has 0 radical (unpaired) electrons. The highest BCUT2D eigenvalue weighted by Gasteiger charge is 2.43. The Morgan fingerprint density at radius 1 is 1.00 bits per heavy atom. The van der Waals surface area contributed by atoms with Crippen LogP contribution in [0.15, 0.2) is 24.3 Å². The van der Waals surface area contributed by atoms with Gasteiger partial charge < -0.3 is 36.8 Å². The minimum absolute atomic E-state index is 0.0100. The molecule has 12 nitrogen and oxygen atoms in total. The van der Waals surface area contributed by atoms with E-state index in [1.807, 2.05) is 0 Å². The van der Waals surface area contributed by atoms with E-state index in [1.165, 1.54) is 21.9 Å². The number of nitrogens with two attached hydrogens (primary N) is 2. The van der Waals surface area contributed by atoms with Gasteiger partial charge in [-0.1, -0.05) is 12.1 Å². The molecule has 4 atom stereocenters. The molecular weight excluding hydrogens is 470 g/mol. The molecule has 0 saturated carbocycles. The lowest BCUT2D eigenvalue weighted by Gasteiger charge is -2.32. The van der Waals surface area contributed by atoms with E-state index in [1.54, 1.807) is 12.1 Å². The first kappa shape index (κ1) is 26.9. The van der Waals surface area contributed by atoms with Crippen molar-refractivity contribution in [3.63, 3.8) is 0 Å². The van der Waals surface area contributed by atoms with Crippen LogP contribution in [0.4, 0.5) is 0 Å². The van der Waals surface area contributed by atoms with E-state index >= 15 is 0 Å². The number of aromatic hydroxyl groups is 1. The predicted molar refractivity (Wildman–Crippen MR) is 127 cm³/mol. The van der Waals surface area contributed by atoms with Crippen LogP contribution in [-0.4, -0.2) is 86.9 Å². The predicted octanol–water partition coefficient (Wildman–Crippen LogP) is -0.921. The van der Waals surface area contributed by atoms with Crippen LogP contribution in [0, 0.1) is 0 Å². The maximum Gasteiger partial charge on any atom is 0.326 e. The van der Waals surface area contributed by atoms with Gasteiger partial charge in [-0.25, -0.2) is 4.79 Å². The fraction of sp³-hybridized carbons (Fsp3) is 0.542. The van der Waals surface area contributed by atoms with Gasteiger partial charge >= 0.3 is 5.97 Å². The number of primary amides is 1. The zero-order valence-electron chi connectivity index (χ0n) is 20.0. The number of benzene rings is 1. The molecular formula is C24H33N5O7. The summed E-state index contributed by atoms with van der Waals surface area (Å²) in [4.78, 5) is 64.9. The molecule has 2 aliphatic rings. The molecule has 0 spiro atoms. The number of aliphatic carboxylic acids is 1. The largest absolute Gasteiger partial charge is 0.508 e. The van der Waals surface area contributed by atoms with Gasteiger partial charge in [-0.05, 0) is 49.8 Å². The van der Waals surface area contributed by atoms with Gasteiger partial charge in [-0.3, -0.25) is 19.2 Å². The smallest absolute Gasteiger partial charge is 0.326 e. The van der Waals surface area contributed by atoms with Crippen molar-refractivity contribution in [3.8, 4) is 5.75 Å². The first-order valence-electron chi connectivity index (χ1n) is 12.0. The Hall–Kier alpha value is -3.67. The van der Waals surface area contributed by atoms with E-state index in [0.717, 1.165) is 0 Å². The van der Waals surface area contributed by atoms with Gasteiger partial charge in [0.05, 0.1) is 6.04 Å². The summed E-state index contributed by atoms with van der Waals surface area (Å²) >= 11 is 0. The van der Waals surface area contributed by atoms with E-state index in [-0.39, 0.29) is 30.9 Å². The van der Waals surface area contributed by atoms with Crippen LogP contribution >= 0.6 is 0 Å². The molecule has 2 heterocycles. The average Bonchev–Trinajstić information content (AvgIpc) is 3.52. The molecule has 4 unspecified atom stereocenters. The van der Waals surface area contributed by atoms with Crippen molar-refractivity contribution in [1.82, 2.24) is 15.1 Å². The van der Waals surface area contributed by atoms with Gasteiger partial charge in [0.2, 0.25) is 23.6 Å². The number of amides is 4. The third-order valence-corrected chi connectivity index (χ3v) is 6.67. The van der Waals surface area contributed by atoms with E-state index in [2.05, 4.69) is 5.32 Å². The maximum atomic E-state index is 13.4. The summed E-state index contributed by atoms with van der Waals surface area (Å²) in [5.41, 5.74) is 11.7. The van der Waals surface area contributed by atoms with Crippen LogP contribution in [-0.2, 0) is 30.4 Å². The number of carbonyl (C=O) groups excluding carboxylic acids is 4. The standard InChI is InChI=1S/C24H33N5O7/c25-16(9-10-20(26)31)22(33)29-12-2-4-19(29)23(34)28-11-1-3-18(28)21(32)27-17(24(35)36)13-14-5-7-15(30)8-6-14/h5-8,16-19,30H,1-4,9-13,25H2,(H2,26,31)(H,27,32)(H,35,36). The van der Waals surface area contributed by atoms with Crippen LogP contribution < -0.4 is 16.8 Å². The van der Waals surface area contributed by atoms with Gasteiger partial charge in [-0.15, -0.1) is 0 Å². The minimum atomic E-state index is -1.22. The second-order valence-corrected chi connectivity index (χ2v) is 9.26. The molecule has 2 saturated heterocycles. The summed E-state index contributed by atoms with van der Waals surface area (Å²) in [7, 11) is 0. The zero-order chi connectivity index (χ0) is 26.4. The maximum absolute atomic E-state index is 13.4. The van der Waals surface area contributed by atoms with Crippen LogP contribution in [0.2, 0.25) is 0 Å². The van der Waals surface area contributed by atoms with Crippen LogP contribution in [0.1, 0.15) is 44.1 Å². The Morgan fingerprint density at radius 3 is 2.22 bits per heavy atom. The van der Waals surface area contributed by atoms with Crippen molar-refractivity contribution in [2.45, 2.75) is 69.1 Å². The van der Waals surface area contributed by atoms with Gasteiger partial charge in [0.25, 0.3) is 0 Å². The highest BCUT2D eigenvalue weighted by Crippen LogP contribution is 2.26. The van der Waals surface area contributed by atoms with Crippen molar-refractivity contribution < 1.29 is 34.2 Å². The highest BCUT2D eigenvalue weighted by atomic mass is 16.4. The van der Waals surface area contributed by atoms with E-state index in [0.29, 0.717) is 44.3 Å². The fourth-order valence-electron chi connectivity index (χ4n) is 4.75. The number of likely N-dealkylation sites (tertiary alicyclic amines) is 2. The summed E-state index contributed by atoms with van der Waals surface area (Å²) in [6.45, 7) is 0.664. The molecule has 2 fully saturated rings. The number of phenols is 1. The molecule has 0 aliphatic carbocycles. The normalized spacial score (nSPS) is 21.1. The lowest BCUT2D eigenvalue weighted by Crippen LogP contribution is -2.56. The van der Waals surface area contributed by atoms with Gasteiger partial charge in [0.15, 0.2) is 0 Å². The monoisotopic (exact) mass is 503 g/mol. The Balaban J connectivity index is 1.66. The average molecular weight is 504 g/mol. The molecule has 12 heteroatoms. The quantitative estimate of drug-likeness (QED) is 0.270. The Labute approximate surface area is 208 Å². The van der Waals surface area contributed by atoms with E-state index in [9.17, 15) is 34.2 Å². The number of nitrogens with zero attached hydrogens (tertiary/aromatic N) is 2. The molecule has 4 amide bonds. The molecule has 0 aromatic heterocycles. The topological polar surface area (TPSA) is 196 Å². The number of carboxylic acids is 1. The lowest BCUT2D eigenvalue weighted by atomic mass is 10.0. The van der Waals surface area contributed by atoms with Crippen molar-refractivity contribution in [2.24, 2.45) is 11.5 Å². The summed E-state index contributed by atoms with van der Waals surface area (Å²) in [6.07, 6.45) is 2.02. The van der Waals surface area contributed by atoms with Crippen molar-refractivity contribution in [2.75, 3.05) is 13.1 Å². The van der Waals surface area contributed by atoms with Crippen molar-refractivity contribution >= 4 is 29.6 Å². The van der Waals surface area contributed by atoms with E-state index < -0.39 is 47.9 Å². The first-order valence-corrected chi connectivity index (χ1v) is 12.0. The van der Waals surface area contributed by atoms with Gasteiger partial charge in [0.1, 0.15) is 23.9 Å². The Bertz CT molecular complexity index is 999. The van der Waals surface area contributed by atoms with Crippen LogP contribution in [0.3, 0.4) is 0 Å². The lowest BCUT2D eigenvalue weighted by molar-refractivity contribution is -0.148. The summed E-state index contributed by atoms with van der Waals surface area (Å²) < 4.78 is 0. The Kier molecular flexibility index (Phi) is 8.86. The molecule has 1 aromatic carbocycles. The fourth-order valence-corrected chi connectivity index (χ4v) is 4.75. The van der Waals surface area contributed by atoms with Crippen molar-refractivity contribution in [1.29, 1.82) is 0 Å². The molecule has 3 rings (SSSR count). The number of phenolic OH excluding ortho intramolecular Hbond substituents is 1.